The number of rotatable bonds is 5. The zero-order valence-corrected chi connectivity index (χ0v) is 12.6. The summed E-state index contributed by atoms with van der Waals surface area (Å²) >= 11 is 5.83. The fraction of sp³-hybridized carbons (Fsp3) is 0.429. The number of hydrogen-bond acceptors (Lipinski definition) is 3. The van der Waals surface area contributed by atoms with Gasteiger partial charge in [-0.25, -0.2) is 9.07 Å². The normalized spacial score (nSPS) is 12.7. The average Bonchev–Trinajstić information content (AvgIpc) is 2.87. The standard InChI is InChI=1S/C14H18ClFN4/c1-4-12(17-3)14-13(5-2)20(19-18-14)9-6-7-11(16)10(15)8-9/h6-8,12,17H,4-5H2,1-3H3. The summed E-state index contributed by atoms with van der Waals surface area (Å²) in [6, 6.07) is 4.72. The average molecular weight is 297 g/mol. The molecule has 2 rings (SSSR count). The first-order chi connectivity index (χ1) is 9.62. The van der Waals surface area contributed by atoms with Crippen molar-refractivity contribution < 1.29 is 4.39 Å². The lowest BCUT2D eigenvalue weighted by Gasteiger charge is -2.13. The highest BCUT2D eigenvalue weighted by atomic mass is 35.5. The summed E-state index contributed by atoms with van der Waals surface area (Å²) in [5.74, 6) is -0.435. The maximum Gasteiger partial charge on any atom is 0.141 e. The van der Waals surface area contributed by atoms with Crippen molar-refractivity contribution >= 4 is 11.6 Å². The van der Waals surface area contributed by atoms with Crippen LogP contribution in [0.15, 0.2) is 18.2 Å². The van der Waals surface area contributed by atoms with E-state index < -0.39 is 5.82 Å². The lowest BCUT2D eigenvalue weighted by Crippen LogP contribution is -2.17. The van der Waals surface area contributed by atoms with E-state index in [4.69, 9.17) is 11.6 Å². The predicted octanol–water partition coefficient (Wildman–Crippen LogP) is 3.29. The van der Waals surface area contributed by atoms with Crippen LogP contribution in [0.4, 0.5) is 4.39 Å². The Hall–Kier alpha value is -1.46. The number of nitrogens with zero attached hydrogens (tertiary/aromatic N) is 3. The van der Waals surface area contributed by atoms with Crippen LogP contribution in [0.5, 0.6) is 0 Å². The molecule has 1 unspecified atom stereocenters. The highest BCUT2D eigenvalue weighted by Gasteiger charge is 2.19. The topological polar surface area (TPSA) is 42.7 Å². The van der Waals surface area contributed by atoms with Crippen molar-refractivity contribution in [2.75, 3.05) is 7.05 Å². The quantitative estimate of drug-likeness (QED) is 0.920. The highest BCUT2D eigenvalue weighted by Crippen LogP contribution is 2.24. The second-order valence-electron chi connectivity index (χ2n) is 4.53. The zero-order valence-electron chi connectivity index (χ0n) is 11.8. The third-order valence-corrected chi connectivity index (χ3v) is 3.65. The Morgan fingerprint density at radius 2 is 2.15 bits per heavy atom. The fourth-order valence-corrected chi connectivity index (χ4v) is 2.45. The molecule has 0 amide bonds. The Morgan fingerprint density at radius 3 is 2.70 bits per heavy atom. The van der Waals surface area contributed by atoms with Gasteiger partial charge in [-0.15, -0.1) is 5.10 Å². The molecule has 1 aromatic carbocycles. The minimum Gasteiger partial charge on any atom is -0.312 e. The molecule has 0 spiro atoms. The molecule has 0 saturated carbocycles. The van der Waals surface area contributed by atoms with Crippen molar-refractivity contribution in [3.05, 3.63) is 40.4 Å². The van der Waals surface area contributed by atoms with Gasteiger partial charge in [-0.2, -0.15) is 0 Å². The molecule has 6 heteroatoms. The van der Waals surface area contributed by atoms with Gasteiger partial charge in [-0.3, -0.25) is 0 Å². The van der Waals surface area contributed by atoms with Crippen LogP contribution in [0.3, 0.4) is 0 Å². The molecule has 0 bridgehead atoms. The number of halogens is 2. The Bertz CT molecular complexity index is 593. The van der Waals surface area contributed by atoms with Crippen molar-refractivity contribution in [3.8, 4) is 5.69 Å². The van der Waals surface area contributed by atoms with Gasteiger partial charge in [0.1, 0.15) is 11.5 Å². The van der Waals surface area contributed by atoms with Gasteiger partial charge in [0, 0.05) is 0 Å². The number of benzene rings is 1. The molecule has 1 heterocycles. The molecule has 0 saturated heterocycles. The van der Waals surface area contributed by atoms with Gasteiger partial charge >= 0.3 is 0 Å². The summed E-state index contributed by atoms with van der Waals surface area (Å²) < 4.78 is 15.0. The van der Waals surface area contributed by atoms with E-state index in [0.717, 1.165) is 29.9 Å². The van der Waals surface area contributed by atoms with Gasteiger partial charge in [0.2, 0.25) is 0 Å². The number of nitrogens with one attached hydrogen (secondary N) is 1. The summed E-state index contributed by atoms with van der Waals surface area (Å²) in [6.45, 7) is 4.14. The van der Waals surface area contributed by atoms with Gasteiger partial charge in [-0.1, -0.05) is 30.7 Å². The molecule has 0 fully saturated rings. The maximum absolute atomic E-state index is 13.3. The highest BCUT2D eigenvalue weighted by molar-refractivity contribution is 6.30. The molecule has 0 aliphatic rings. The Balaban J connectivity index is 2.49. The molecular formula is C14H18ClFN4. The van der Waals surface area contributed by atoms with Gasteiger partial charge < -0.3 is 5.32 Å². The van der Waals surface area contributed by atoms with Gasteiger partial charge in [0.15, 0.2) is 0 Å². The van der Waals surface area contributed by atoms with E-state index in [1.165, 1.54) is 6.07 Å². The van der Waals surface area contributed by atoms with Crippen LogP contribution in [0, 0.1) is 5.82 Å². The summed E-state index contributed by atoms with van der Waals surface area (Å²) in [4.78, 5) is 0. The summed E-state index contributed by atoms with van der Waals surface area (Å²) in [5.41, 5.74) is 2.66. The first kappa shape index (κ1) is 14.9. The molecule has 0 aliphatic carbocycles. The second kappa shape index (κ2) is 6.33. The molecule has 1 N–H and O–H groups in total. The van der Waals surface area contributed by atoms with Crippen LogP contribution in [0.25, 0.3) is 5.69 Å². The fourth-order valence-electron chi connectivity index (χ4n) is 2.27. The van der Waals surface area contributed by atoms with E-state index in [1.807, 2.05) is 14.0 Å². The van der Waals surface area contributed by atoms with Gasteiger partial charge in [0.25, 0.3) is 0 Å². The van der Waals surface area contributed by atoms with E-state index in [2.05, 4.69) is 22.6 Å². The van der Waals surface area contributed by atoms with Crippen LogP contribution in [-0.2, 0) is 6.42 Å². The van der Waals surface area contributed by atoms with Crippen molar-refractivity contribution in [1.29, 1.82) is 0 Å². The van der Waals surface area contributed by atoms with E-state index >= 15 is 0 Å². The van der Waals surface area contributed by atoms with E-state index in [9.17, 15) is 4.39 Å². The molecule has 0 radical (unpaired) electrons. The predicted molar refractivity (Wildman–Crippen MR) is 77.8 cm³/mol. The second-order valence-corrected chi connectivity index (χ2v) is 4.94. The third kappa shape index (κ3) is 2.69. The minimum atomic E-state index is -0.435. The molecule has 0 aliphatic heterocycles. The van der Waals surface area contributed by atoms with E-state index in [1.54, 1.807) is 16.8 Å². The Morgan fingerprint density at radius 1 is 1.40 bits per heavy atom. The van der Waals surface area contributed by atoms with E-state index in [-0.39, 0.29) is 11.1 Å². The van der Waals surface area contributed by atoms with Crippen molar-refractivity contribution in [2.24, 2.45) is 0 Å². The molecule has 2 aromatic rings. The summed E-state index contributed by atoms with van der Waals surface area (Å²) in [5, 5.41) is 11.8. The van der Waals surface area contributed by atoms with Gasteiger partial charge in [-0.05, 0) is 38.1 Å². The monoisotopic (exact) mass is 296 g/mol. The zero-order chi connectivity index (χ0) is 14.7. The Labute approximate surface area is 122 Å². The largest absolute Gasteiger partial charge is 0.312 e. The van der Waals surface area contributed by atoms with Crippen LogP contribution in [0.1, 0.15) is 37.7 Å². The molecular weight excluding hydrogens is 279 g/mol. The first-order valence-corrected chi connectivity index (χ1v) is 7.07. The smallest absolute Gasteiger partial charge is 0.141 e. The lowest BCUT2D eigenvalue weighted by atomic mass is 10.1. The first-order valence-electron chi connectivity index (χ1n) is 6.69. The van der Waals surface area contributed by atoms with Crippen molar-refractivity contribution in [2.45, 2.75) is 32.7 Å². The van der Waals surface area contributed by atoms with Crippen molar-refractivity contribution in [1.82, 2.24) is 20.3 Å². The molecule has 108 valence electrons. The van der Waals surface area contributed by atoms with E-state index in [0.29, 0.717) is 0 Å². The molecule has 1 aromatic heterocycles. The molecule has 20 heavy (non-hydrogen) atoms. The molecule has 4 nitrogen and oxygen atoms in total. The number of aromatic nitrogens is 3. The summed E-state index contributed by atoms with van der Waals surface area (Å²) in [7, 11) is 1.90. The SMILES string of the molecule is CCc1c(C(CC)NC)nnn1-c1ccc(F)c(Cl)c1. The lowest BCUT2D eigenvalue weighted by molar-refractivity contribution is 0.555. The van der Waals surface area contributed by atoms with Crippen molar-refractivity contribution in [3.63, 3.8) is 0 Å². The van der Waals surface area contributed by atoms with Crippen LogP contribution < -0.4 is 5.32 Å². The third-order valence-electron chi connectivity index (χ3n) is 3.36. The van der Waals surface area contributed by atoms with Crippen LogP contribution in [0.2, 0.25) is 5.02 Å². The summed E-state index contributed by atoms with van der Waals surface area (Å²) in [6.07, 6.45) is 1.71. The van der Waals surface area contributed by atoms with Gasteiger partial charge in [0.05, 0.1) is 22.4 Å². The van der Waals surface area contributed by atoms with Crippen LogP contribution >= 0.6 is 11.6 Å². The Kier molecular flexibility index (Phi) is 4.73. The minimum absolute atomic E-state index is 0.0854. The number of hydrogen-bond donors (Lipinski definition) is 1. The van der Waals surface area contributed by atoms with Crippen LogP contribution in [-0.4, -0.2) is 22.0 Å². The molecule has 1 atom stereocenters. The maximum atomic E-state index is 13.3.